The van der Waals surface area contributed by atoms with Gasteiger partial charge in [-0.05, 0) is 62.8 Å². The minimum absolute atomic E-state index is 0.0887. The number of ether oxygens (including phenoxy) is 1. The molecule has 178 valence electrons. The number of carbonyl (C=O) groups is 2. The third kappa shape index (κ3) is 7.63. The zero-order valence-corrected chi connectivity index (χ0v) is 20.2. The zero-order valence-electron chi connectivity index (χ0n) is 19.4. The number of hydrogen-bond donors (Lipinski definition) is 2. The van der Waals surface area contributed by atoms with E-state index < -0.39 is 6.03 Å². The van der Waals surface area contributed by atoms with Gasteiger partial charge in [-0.1, -0.05) is 36.8 Å². The van der Waals surface area contributed by atoms with E-state index >= 15 is 0 Å². The summed E-state index contributed by atoms with van der Waals surface area (Å²) in [5.41, 5.74) is 2.32. The van der Waals surface area contributed by atoms with Crippen LogP contribution in [-0.4, -0.2) is 46.1 Å². The lowest BCUT2D eigenvalue weighted by Gasteiger charge is -2.13. The maximum atomic E-state index is 12.3. The second kappa shape index (κ2) is 13.0. The molecule has 1 aromatic heterocycles. The van der Waals surface area contributed by atoms with Crippen molar-refractivity contribution in [3.8, 4) is 17.1 Å². The Morgan fingerprint density at radius 2 is 2.00 bits per heavy atom. The maximum Gasteiger partial charge on any atom is 0.321 e. The summed E-state index contributed by atoms with van der Waals surface area (Å²) >= 11 is 1.28. The van der Waals surface area contributed by atoms with Crippen LogP contribution in [0.1, 0.15) is 51.9 Å². The van der Waals surface area contributed by atoms with Gasteiger partial charge in [-0.2, -0.15) is 0 Å². The molecule has 1 aromatic carbocycles. The van der Waals surface area contributed by atoms with E-state index in [1.165, 1.54) is 30.2 Å². The highest BCUT2D eigenvalue weighted by Crippen LogP contribution is 2.26. The first-order chi connectivity index (χ1) is 16.1. The number of thioether (sulfide) groups is 1. The molecule has 0 unspecified atom stereocenters. The molecule has 1 aliphatic carbocycles. The smallest absolute Gasteiger partial charge is 0.321 e. The summed E-state index contributed by atoms with van der Waals surface area (Å²) in [7, 11) is 1.63. The molecule has 8 nitrogen and oxygen atoms in total. The number of aromatic nitrogens is 3. The lowest BCUT2D eigenvalue weighted by atomic mass is 9.97. The van der Waals surface area contributed by atoms with Gasteiger partial charge in [-0.3, -0.25) is 10.1 Å². The minimum Gasteiger partial charge on any atom is -0.497 e. The summed E-state index contributed by atoms with van der Waals surface area (Å²) in [5.74, 6) is 1.26. The van der Waals surface area contributed by atoms with Crippen LogP contribution in [0.5, 0.6) is 5.75 Å². The molecule has 0 bridgehead atoms. The van der Waals surface area contributed by atoms with Crippen molar-refractivity contribution in [1.29, 1.82) is 0 Å². The number of methoxy groups -OCH3 is 1. The van der Waals surface area contributed by atoms with Crippen LogP contribution in [0.4, 0.5) is 4.79 Å². The van der Waals surface area contributed by atoms with Crippen LogP contribution in [0.25, 0.3) is 11.4 Å². The number of rotatable bonds is 11. The molecule has 0 fully saturated rings. The van der Waals surface area contributed by atoms with Crippen molar-refractivity contribution >= 4 is 23.7 Å². The second-order valence-corrected chi connectivity index (χ2v) is 8.93. The van der Waals surface area contributed by atoms with Gasteiger partial charge in [-0.15, -0.1) is 10.2 Å². The minimum atomic E-state index is -0.455. The van der Waals surface area contributed by atoms with Crippen LogP contribution in [-0.2, 0) is 11.3 Å². The summed E-state index contributed by atoms with van der Waals surface area (Å²) in [5, 5.41) is 14.5. The van der Waals surface area contributed by atoms with Gasteiger partial charge in [0, 0.05) is 18.7 Å². The molecule has 1 aliphatic rings. The first-order valence-electron chi connectivity index (χ1n) is 11.6. The molecule has 0 aliphatic heterocycles. The molecule has 0 spiro atoms. The van der Waals surface area contributed by atoms with Gasteiger partial charge in [0.25, 0.3) is 0 Å². The zero-order chi connectivity index (χ0) is 23.5. The van der Waals surface area contributed by atoms with Crippen LogP contribution >= 0.6 is 11.8 Å². The lowest BCUT2D eigenvalue weighted by Crippen LogP contribution is -2.40. The van der Waals surface area contributed by atoms with Gasteiger partial charge in [0.1, 0.15) is 5.75 Å². The maximum absolute atomic E-state index is 12.3. The van der Waals surface area contributed by atoms with Crippen molar-refractivity contribution in [3.63, 3.8) is 0 Å². The normalized spacial score (nSPS) is 13.3. The lowest BCUT2D eigenvalue weighted by molar-refractivity contribution is -0.117. The largest absolute Gasteiger partial charge is 0.497 e. The van der Waals surface area contributed by atoms with Crippen molar-refractivity contribution < 1.29 is 14.3 Å². The van der Waals surface area contributed by atoms with Crippen LogP contribution < -0.4 is 15.4 Å². The predicted molar refractivity (Wildman–Crippen MR) is 130 cm³/mol. The first kappa shape index (κ1) is 24.8. The number of unbranched alkanes of at least 4 members (excludes halogenated alkanes) is 1. The number of amides is 3. The highest BCUT2D eigenvalue weighted by Gasteiger charge is 2.16. The Balaban J connectivity index is 1.52. The monoisotopic (exact) mass is 471 g/mol. The van der Waals surface area contributed by atoms with Crippen LogP contribution in [0.3, 0.4) is 0 Å². The average Bonchev–Trinajstić information content (AvgIpc) is 3.24. The van der Waals surface area contributed by atoms with E-state index in [-0.39, 0.29) is 11.7 Å². The third-order valence-electron chi connectivity index (χ3n) is 5.50. The fourth-order valence-corrected chi connectivity index (χ4v) is 4.44. The summed E-state index contributed by atoms with van der Waals surface area (Å²) in [6, 6.07) is 7.21. The van der Waals surface area contributed by atoms with Gasteiger partial charge in [0.15, 0.2) is 11.0 Å². The number of nitrogens with zero attached hydrogens (tertiary/aromatic N) is 3. The molecule has 0 saturated carbocycles. The third-order valence-corrected chi connectivity index (χ3v) is 6.47. The van der Waals surface area contributed by atoms with E-state index in [0.29, 0.717) is 11.7 Å². The second-order valence-electron chi connectivity index (χ2n) is 7.99. The first-order valence-corrected chi connectivity index (χ1v) is 12.5. The molecule has 2 aromatic rings. The predicted octanol–water partition coefficient (Wildman–Crippen LogP) is 4.56. The topological polar surface area (TPSA) is 98.1 Å². The number of nitrogens with one attached hydrogen (secondary N) is 2. The van der Waals surface area contributed by atoms with Crippen molar-refractivity contribution in [1.82, 2.24) is 25.4 Å². The summed E-state index contributed by atoms with van der Waals surface area (Å²) in [6.45, 7) is 3.42. The summed E-state index contributed by atoms with van der Waals surface area (Å²) in [4.78, 5) is 24.3. The standard InChI is InChI=1S/C24H33N5O3S/c1-3-4-16-29-22(19-10-12-20(32-2)13-11-19)27-28-24(29)33-17-21(30)26-23(31)25-15-14-18-8-6-5-7-9-18/h8,10-13H,3-7,9,14-17H2,1-2H3,(H2,25,26,30,31). The highest BCUT2D eigenvalue weighted by atomic mass is 32.2. The molecule has 3 rings (SSSR count). The Morgan fingerprint density at radius 1 is 1.18 bits per heavy atom. The van der Waals surface area contributed by atoms with Crippen LogP contribution in [0.2, 0.25) is 0 Å². The molecular formula is C24H33N5O3S. The van der Waals surface area contributed by atoms with E-state index in [1.807, 2.05) is 28.8 Å². The van der Waals surface area contributed by atoms with Gasteiger partial charge in [0.2, 0.25) is 5.91 Å². The number of benzene rings is 1. The Hall–Kier alpha value is -2.81. The Labute approximate surface area is 199 Å². The fraction of sp³-hybridized carbons (Fsp3) is 0.500. The Morgan fingerprint density at radius 3 is 2.70 bits per heavy atom. The van der Waals surface area contributed by atoms with Crippen molar-refractivity contribution in [2.24, 2.45) is 0 Å². The molecule has 3 amide bonds. The average molecular weight is 472 g/mol. The van der Waals surface area contributed by atoms with Crippen molar-refractivity contribution in [2.75, 3.05) is 19.4 Å². The highest BCUT2D eigenvalue weighted by molar-refractivity contribution is 7.99. The molecular weight excluding hydrogens is 438 g/mol. The summed E-state index contributed by atoms with van der Waals surface area (Å²) in [6.07, 6.45) is 9.80. The molecule has 33 heavy (non-hydrogen) atoms. The van der Waals surface area contributed by atoms with E-state index in [1.54, 1.807) is 7.11 Å². The number of carbonyl (C=O) groups excluding carboxylic acids is 2. The molecule has 0 saturated heterocycles. The van der Waals surface area contributed by atoms with E-state index in [4.69, 9.17) is 4.74 Å². The molecule has 0 radical (unpaired) electrons. The molecule has 0 atom stereocenters. The van der Waals surface area contributed by atoms with Gasteiger partial charge in [0.05, 0.1) is 12.9 Å². The van der Waals surface area contributed by atoms with E-state index in [0.717, 1.165) is 55.8 Å². The number of hydrogen-bond acceptors (Lipinski definition) is 6. The van der Waals surface area contributed by atoms with Crippen molar-refractivity contribution in [2.45, 2.75) is 63.6 Å². The summed E-state index contributed by atoms with van der Waals surface area (Å²) < 4.78 is 7.26. The molecule has 1 heterocycles. The molecule has 2 N–H and O–H groups in total. The van der Waals surface area contributed by atoms with Crippen LogP contribution in [0.15, 0.2) is 41.1 Å². The number of allylic oxidation sites excluding steroid dienone is 1. The molecule has 9 heteroatoms. The fourth-order valence-electron chi connectivity index (χ4n) is 3.67. The Kier molecular flexibility index (Phi) is 9.80. The quantitative estimate of drug-likeness (QED) is 0.368. The van der Waals surface area contributed by atoms with Crippen molar-refractivity contribution in [3.05, 3.63) is 35.9 Å². The SMILES string of the molecule is CCCCn1c(SCC(=O)NC(=O)NCCC2=CCCCC2)nnc1-c1ccc(OC)cc1. The van der Waals surface area contributed by atoms with Gasteiger partial charge in [-0.25, -0.2) is 4.79 Å². The van der Waals surface area contributed by atoms with E-state index in [9.17, 15) is 9.59 Å². The van der Waals surface area contributed by atoms with E-state index in [2.05, 4.69) is 33.8 Å². The number of urea groups is 1. The Bertz CT molecular complexity index is 956. The van der Waals surface area contributed by atoms with Gasteiger partial charge >= 0.3 is 6.03 Å². The van der Waals surface area contributed by atoms with Crippen LogP contribution in [0, 0.1) is 0 Å². The van der Waals surface area contributed by atoms with Gasteiger partial charge < -0.3 is 14.6 Å². The number of imide groups is 1.